The monoisotopic (exact) mass is 358 g/mol. The largest absolute Gasteiger partial charge is 0.497 e. The van der Waals surface area contributed by atoms with Crippen LogP contribution in [0.5, 0.6) is 11.5 Å². The van der Waals surface area contributed by atoms with E-state index in [1.54, 1.807) is 38.3 Å². The molecular formula is C19H22N2O5. The molecule has 0 saturated heterocycles. The molecule has 7 nitrogen and oxygen atoms in total. The van der Waals surface area contributed by atoms with E-state index >= 15 is 0 Å². The molecule has 26 heavy (non-hydrogen) atoms. The Balaban J connectivity index is 2.35. The van der Waals surface area contributed by atoms with E-state index < -0.39 is 11.0 Å². The van der Waals surface area contributed by atoms with Crippen molar-refractivity contribution in [1.29, 1.82) is 0 Å². The van der Waals surface area contributed by atoms with Gasteiger partial charge in [-0.05, 0) is 37.1 Å². The number of nitro benzene ring substituents is 1. The van der Waals surface area contributed by atoms with Crippen LogP contribution in [0.3, 0.4) is 0 Å². The molecule has 0 bridgehead atoms. The van der Waals surface area contributed by atoms with Gasteiger partial charge in [0.1, 0.15) is 11.5 Å². The highest BCUT2D eigenvalue weighted by Gasteiger charge is 2.19. The molecule has 0 saturated carbocycles. The average Bonchev–Trinajstić information content (AvgIpc) is 2.66. The van der Waals surface area contributed by atoms with E-state index in [0.29, 0.717) is 23.6 Å². The molecule has 0 aliphatic heterocycles. The molecule has 1 N–H and O–H groups in total. The highest BCUT2D eigenvalue weighted by Crippen LogP contribution is 2.34. The number of carbonyl (C=O) groups is 1. The molecule has 0 radical (unpaired) electrons. The van der Waals surface area contributed by atoms with Crippen molar-refractivity contribution >= 4 is 11.6 Å². The lowest BCUT2D eigenvalue weighted by molar-refractivity contribution is -0.384. The highest BCUT2D eigenvalue weighted by atomic mass is 16.6. The van der Waals surface area contributed by atoms with Crippen molar-refractivity contribution in [3.8, 4) is 22.6 Å². The molecular weight excluding hydrogens is 336 g/mol. The van der Waals surface area contributed by atoms with Gasteiger partial charge in [-0.25, -0.2) is 0 Å². The number of rotatable bonds is 8. The second-order valence-corrected chi connectivity index (χ2v) is 5.72. The van der Waals surface area contributed by atoms with Gasteiger partial charge in [0.15, 0.2) is 6.10 Å². The number of methoxy groups -OCH3 is 1. The summed E-state index contributed by atoms with van der Waals surface area (Å²) in [5.74, 6) is 0.847. The van der Waals surface area contributed by atoms with Crippen molar-refractivity contribution in [2.45, 2.75) is 26.4 Å². The third-order valence-corrected chi connectivity index (χ3v) is 3.80. The van der Waals surface area contributed by atoms with Gasteiger partial charge in [0.05, 0.1) is 12.0 Å². The van der Waals surface area contributed by atoms with Crippen molar-refractivity contribution in [1.82, 2.24) is 5.32 Å². The Morgan fingerprint density at radius 2 is 1.92 bits per heavy atom. The number of nitrogens with zero attached hydrogens (tertiary/aromatic N) is 1. The normalized spacial score (nSPS) is 11.5. The van der Waals surface area contributed by atoms with Crippen LogP contribution in [0.25, 0.3) is 11.1 Å². The maximum absolute atomic E-state index is 12.1. The van der Waals surface area contributed by atoms with Crippen LogP contribution in [-0.2, 0) is 4.79 Å². The fourth-order valence-electron chi connectivity index (χ4n) is 2.37. The summed E-state index contributed by atoms with van der Waals surface area (Å²) in [6.45, 7) is 4.17. The van der Waals surface area contributed by atoms with Crippen LogP contribution in [0, 0.1) is 10.1 Å². The van der Waals surface area contributed by atoms with E-state index in [2.05, 4.69) is 5.32 Å². The molecule has 138 valence electrons. The molecule has 0 heterocycles. The molecule has 0 spiro atoms. The minimum atomic E-state index is -0.722. The first kappa shape index (κ1) is 19.2. The van der Waals surface area contributed by atoms with Gasteiger partial charge in [-0.3, -0.25) is 14.9 Å². The minimum absolute atomic E-state index is 0.0498. The highest BCUT2D eigenvalue weighted by molar-refractivity contribution is 5.81. The molecule has 0 aliphatic carbocycles. The van der Waals surface area contributed by atoms with Crippen molar-refractivity contribution in [3.05, 3.63) is 52.6 Å². The van der Waals surface area contributed by atoms with Crippen molar-refractivity contribution < 1.29 is 19.2 Å². The van der Waals surface area contributed by atoms with Gasteiger partial charge in [-0.15, -0.1) is 0 Å². The number of carbonyl (C=O) groups excluding carboxylic acids is 1. The van der Waals surface area contributed by atoms with E-state index in [1.807, 2.05) is 6.92 Å². The summed E-state index contributed by atoms with van der Waals surface area (Å²) in [4.78, 5) is 22.7. The Labute approximate surface area is 152 Å². The lowest BCUT2D eigenvalue weighted by Gasteiger charge is -2.17. The van der Waals surface area contributed by atoms with Gasteiger partial charge in [0.25, 0.3) is 11.6 Å². The molecule has 0 fully saturated rings. The molecule has 1 amide bonds. The summed E-state index contributed by atoms with van der Waals surface area (Å²) < 4.78 is 10.9. The van der Waals surface area contributed by atoms with Gasteiger partial charge in [0, 0.05) is 24.2 Å². The Bertz CT molecular complexity index is 774. The van der Waals surface area contributed by atoms with Crippen LogP contribution in [0.4, 0.5) is 5.69 Å². The number of nitro groups is 1. The number of hydrogen-bond donors (Lipinski definition) is 1. The molecule has 0 aromatic heterocycles. The molecule has 0 aliphatic rings. The Kier molecular flexibility index (Phi) is 6.54. The van der Waals surface area contributed by atoms with Crippen molar-refractivity contribution in [2.24, 2.45) is 0 Å². The lowest BCUT2D eigenvalue weighted by Crippen LogP contribution is -2.36. The maximum Gasteiger partial charge on any atom is 0.270 e. The summed E-state index contributed by atoms with van der Waals surface area (Å²) in [6, 6.07) is 11.4. The number of amides is 1. The summed E-state index contributed by atoms with van der Waals surface area (Å²) >= 11 is 0. The van der Waals surface area contributed by atoms with Crippen LogP contribution in [-0.4, -0.2) is 30.6 Å². The molecule has 0 unspecified atom stereocenters. The maximum atomic E-state index is 12.1. The first-order valence-electron chi connectivity index (χ1n) is 8.33. The standard InChI is InChI=1S/C19H22N2O5/c1-4-11-20-19(22)13(2)26-18-10-7-15(21(23)24)12-17(18)14-5-8-16(25-3)9-6-14/h5-10,12-13H,4,11H2,1-3H3,(H,20,22)/t13-/m0/s1. The molecule has 2 aromatic carbocycles. The van der Waals surface area contributed by atoms with Crippen LogP contribution in [0.2, 0.25) is 0 Å². The predicted octanol–water partition coefficient (Wildman–Crippen LogP) is 3.56. The Morgan fingerprint density at radius 3 is 2.50 bits per heavy atom. The van der Waals surface area contributed by atoms with Crippen molar-refractivity contribution in [2.75, 3.05) is 13.7 Å². The zero-order valence-electron chi connectivity index (χ0n) is 15.0. The van der Waals surface area contributed by atoms with E-state index in [1.165, 1.54) is 18.2 Å². The Hall–Kier alpha value is -3.09. The summed E-state index contributed by atoms with van der Waals surface area (Å²) in [6.07, 6.45) is 0.104. The molecule has 7 heteroatoms. The minimum Gasteiger partial charge on any atom is -0.497 e. The van der Waals surface area contributed by atoms with Crippen LogP contribution >= 0.6 is 0 Å². The summed E-state index contributed by atoms with van der Waals surface area (Å²) in [5.41, 5.74) is 1.22. The summed E-state index contributed by atoms with van der Waals surface area (Å²) in [5, 5.41) is 13.9. The number of hydrogen-bond acceptors (Lipinski definition) is 5. The van der Waals surface area contributed by atoms with Gasteiger partial charge in [0.2, 0.25) is 0 Å². The smallest absolute Gasteiger partial charge is 0.270 e. The number of non-ortho nitro benzene ring substituents is 1. The van der Waals surface area contributed by atoms with E-state index in [9.17, 15) is 14.9 Å². The fraction of sp³-hybridized carbons (Fsp3) is 0.316. The van der Waals surface area contributed by atoms with Crippen LogP contribution in [0.15, 0.2) is 42.5 Å². The molecule has 2 rings (SSSR count). The van der Waals surface area contributed by atoms with Crippen LogP contribution in [0.1, 0.15) is 20.3 Å². The third-order valence-electron chi connectivity index (χ3n) is 3.80. The van der Waals surface area contributed by atoms with E-state index in [0.717, 1.165) is 12.0 Å². The van der Waals surface area contributed by atoms with Gasteiger partial charge in [-0.2, -0.15) is 0 Å². The zero-order chi connectivity index (χ0) is 19.1. The molecule has 2 aromatic rings. The SMILES string of the molecule is CCCNC(=O)[C@H](C)Oc1ccc([N+](=O)[O-])cc1-c1ccc(OC)cc1. The predicted molar refractivity (Wildman–Crippen MR) is 98.5 cm³/mol. The fourth-order valence-corrected chi connectivity index (χ4v) is 2.37. The zero-order valence-corrected chi connectivity index (χ0v) is 15.0. The van der Waals surface area contributed by atoms with E-state index in [4.69, 9.17) is 9.47 Å². The molecule has 1 atom stereocenters. The van der Waals surface area contributed by atoms with Gasteiger partial charge in [-0.1, -0.05) is 19.1 Å². The number of nitrogens with one attached hydrogen (secondary N) is 1. The first-order valence-corrected chi connectivity index (χ1v) is 8.33. The Morgan fingerprint density at radius 1 is 1.23 bits per heavy atom. The topological polar surface area (TPSA) is 90.7 Å². The van der Waals surface area contributed by atoms with E-state index in [-0.39, 0.29) is 11.6 Å². The second-order valence-electron chi connectivity index (χ2n) is 5.72. The van der Waals surface area contributed by atoms with Gasteiger partial charge < -0.3 is 14.8 Å². The lowest BCUT2D eigenvalue weighted by atomic mass is 10.0. The van der Waals surface area contributed by atoms with Crippen molar-refractivity contribution in [3.63, 3.8) is 0 Å². The number of benzene rings is 2. The second kappa shape index (κ2) is 8.84. The quantitative estimate of drug-likeness (QED) is 0.575. The average molecular weight is 358 g/mol. The van der Waals surface area contributed by atoms with Gasteiger partial charge >= 0.3 is 0 Å². The van der Waals surface area contributed by atoms with Crippen LogP contribution < -0.4 is 14.8 Å². The first-order chi connectivity index (χ1) is 12.5. The summed E-state index contributed by atoms with van der Waals surface area (Å²) in [7, 11) is 1.56. The number of ether oxygens (including phenoxy) is 2. The third kappa shape index (κ3) is 4.72.